The molecule has 7 N–H and O–H groups in total. The number of nitrogen functional groups attached to an aromatic ring is 1. The van der Waals surface area contributed by atoms with Crippen molar-refractivity contribution in [3.05, 3.63) is 33.8 Å². The number of aliphatic carboxylic acids is 2. The van der Waals surface area contributed by atoms with Gasteiger partial charge in [-0.2, -0.15) is 0 Å². The molecule has 5 heterocycles. The number of anilines is 1. The number of carboxylic acids is 2. The second-order valence-electron chi connectivity index (χ2n) is 13.3. The standard InChI is InChI=1S/C31H31ClN8O13S2/c1-30(2,26(48)49)53-36-19(15-10-54-28(33)34-15)17(42)7-14-23(46)38-11-31(27(50)51,55-25(14)38)39-5-6-40(29(39)52)35-22(45)12-8-37(9-12)24(47)20(43)13-3-4-16(41)21(44)18(13)32/h3-4,10,12,14,25,41,44H,5-9,11H2,1-2H3,(H2,33,34)(H,35,45)(H,48,49)(H,50,51)/b36-19-/t14-,25-,31-/m1/s1. The first-order chi connectivity index (χ1) is 25.8. The number of phenolic OH excluding ortho intramolecular Hbond substituents is 2. The van der Waals surface area contributed by atoms with E-state index in [9.17, 15) is 58.8 Å². The van der Waals surface area contributed by atoms with Gasteiger partial charge in [-0.1, -0.05) is 28.5 Å². The number of nitrogens with one attached hydrogen (secondary N) is 1. The number of hydrogen-bond donors (Lipinski definition) is 6. The number of nitrogens with zero attached hydrogens (tertiary/aromatic N) is 6. The van der Waals surface area contributed by atoms with Gasteiger partial charge in [-0.3, -0.25) is 34.3 Å². The zero-order chi connectivity index (χ0) is 40.3. The number of oxime groups is 1. The van der Waals surface area contributed by atoms with Crippen molar-refractivity contribution in [3.8, 4) is 11.5 Å². The van der Waals surface area contributed by atoms with Gasteiger partial charge < -0.3 is 40.8 Å². The first-order valence-electron chi connectivity index (χ1n) is 16.2. The molecule has 0 spiro atoms. The van der Waals surface area contributed by atoms with Crippen molar-refractivity contribution >= 4 is 92.8 Å². The van der Waals surface area contributed by atoms with E-state index in [1.54, 1.807) is 0 Å². The van der Waals surface area contributed by atoms with Gasteiger partial charge in [0, 0.05) is 31.4 Å². The number of carbonyl (C=O) groups excluding carboxylic acids is 6. The summed E-state index contributed by atoms with van der Waals surface area (Å²) in [5.74, 6) is -10.2. The van der Waals surface area contributed by atoms with Crippen molar-refractivity contribution in [3.63, 3.8) is 0 Å². The largest absolute Gasteiger partial charge is 0.504 e. The number of benzene rings is 1. The number of carbonyl (C=O) groups is 8. The summed E-state index contributed by atoms with van der Waals surface area (Å²) in [4.78, 5) is 113. The number of ketones is 2. The molecular weight excluding hydrogens is 792 g/mol. The highest BCUT2D eigenvalue weighted by Crippen LogP contribution is 2.53. The number of halogens is 1. The fourth-order valence-corrected chi connectivity index (χ4v) is 8.57. The molecular formula is C31H31ClN8O13S2. The number of Topliss-reactive ketones (excluding diaryl/α,β-unsaturated/α-hetero) is 2. The number of urea groups is 1. The van der Waals surface area contributed by atoms with E-state index >= 15 is 0 Å². The van der Waals surface area contributed by atoms with Gasteiger partial charge in [-0.15, -0.1) is 11.3 Å². The van der Waals surface area contributed by atoms with Gasteiger partial charge in [0.2, 0.25) is 22.3 Å². The van der Waals surface area contributed by atoms with Crippen LogP contribution in [0.4, 0.5) is 9.93 Å². The maximum atomic E-state index is 13.5. The Morgan fingerprint density at radius 2 is 1.82 bits per heavy atom. The average Bonchev–Trinajstić information content (AvgIpc) is 3.81. The van der Waals surface area contributed by atoms with E-state index in [2.05, 4.69) is 15.6 Å². The van der Waals surface area contributed by atoms with Crippen LogP contribution in [0.5, 0.6) is 11.5 Å². The zero-order valence-corrected chi connectivity index (χ0v) is 31.0. The fraction of sp³-hybridized carbons (Fsp3) is 0.419. The minimum Gasteiger partial charge on any atom is -0.504 e. The quantitative estimate of drug-likeness (QED) is 0.0379. The molecule has 5 amide bonds. The number of β-lactam (4-membered cyclic amide) rings is 1. The maximum Gasteiger partial charge on any atom is 0.350 e. The topological polar surface area (TPSA) is 303 Å². The van der Waals surface area contributed by atoms with Gasteiger partial charge in [0.15, 0.2) is 28.1 Å². The van der Waals surface area contributed by atoms with Gasteiger partial charge in [0.05, 0.1) is 40.9 Å². The minimum absolute atomic E-state index is 0.0177. The Hall–Kier alpha value is -5.68. The Morgan fingerprint density at radius 3 is 2.44 bits per heavy atom. The summed E-state index contributed by atoms with van der Waals surface area (Å²) >= 11 is 7.64. The van der Waals surface area contributed by atoms with E-state index in [0.717, 1.165) is 50.0 Å². The Balaban J connectivity index is 1.08. The van der Waals surface area contributed by atoms with E-state index < -0.39 is 110 Å². The molecule has 4 aliphatic heterocycles. The number of aromatic nitrogens is 1. The molecule has 1 aromatic heterocycles. The smallest absolute Gasteiger partial charge is 0.350 e. The second kappa shape index (κ2) is 14.2. The van der Waals surface area contributed by atoms with Crippen LogP contribution < -0.4 is 11.2 Å². The Bertz CT molecular complexity index is 2090. The van der Waals surface area contributed by atoms with Gasteiger partial charge >= 0.3 is 18.0 Å². The molecule has 292 valence electrons. The molecule has 0 radical (unpaired) electrons. The van der Waals surface area contributed by atoms with Crippen LogP contribution >= 0.6 is 34.7 Å². The molecule has 4 fully saturated rings. The molecule has 21 nitrogen and oxygen atoms in total. The van der Waals surface area contributed by atoms with Crippen LogP contribution in [0.3, 0.4) is 0 Å². The second-order valence-corrected chi connectivity index (χ2v) is 16.0. The summed E-state index contributed by atoms with van der Waals surface area (Å²) < 4.78 is 0. The monoisotopic (exact) mass is 822 g/mol. The van der Waals surface area contributed by atoms with Crippen LogP contribution in [0.2, 0.25) is 5.02 Å². The molecule has 4 saturated heterocycles. The van der Waals surface area contributed by atoms with Crippen LogP contribution in [0.25, 0.3) is 0 Å². The molecule has 1 aromatic carbocycles. The summed E-state index contributed by atoms with van der Waals surface area (Å²) in [5.41, 5.74) is 5.53. The lowest BCUT2D eigenvalue weighted by atomic mass is 9.90. The van der Waals surface area contributed by atoms with Crippen LogP contribution in [-0.4, -0.2) is 147 Å². The predicted molar refractivity (Wildman–Crippen MR) is 189 cm³/mol. The van der Waals surface area contributed by atoms with Gasteiger partial charge in [0.25, 0.3) is 11.7 Å². The number of hydrogen-bond acceptors (Lipinski definition) is 16. The molecule has 55 heavy (non-hydrogen) atoms. The molecule has 0 bridgehead atoms. The first kappa shape index (κ1) is 39.0. The number of carboxylic acid groups (broad SMARTS) is 2. The number of thioether (sulfide) groups is 1. The Labute approximate surface area is 322 Å². The molecule has 4 aliphatic rings. The van der Waals surface area contributed by atoms with Crippen molar-refractivity contribution in [2.45, 2.75) is 36.1 Å². The van der Waals surface area contributed by atoms with E-state index in [-0.39, 0.29) is 42.6 Å². The lowest BCUT2D eigenvalue weighted by molar-refractivity contribution is -0.161. The molecule has 0 aliphatic carbocycles. The number of nitrogens with two attached hydrogens (primary N) is 1. The number of likely N-dealkylation sites (tertiary alicyclic amines) is 1. The van der Waals surface area contributed by atoms with Crippen molar-refractivity contribution in [2.75, 3.05) is 38.5 Å². The van der Waals surface area contributed by atoms with Crippen molar-refractivity contribution in [2.24, 2.45) is 17.0 Å². The highest BCUT2D eigenvalue weighted by Gasteiger charge is 2.66. The first-order valence-corrected chi connectivity index (χ1v) is 18.3. The minimum atomic E-state index is -1.99. The number of amides is 5. The van der Waals surface area contributed by atoms with Crippen LogP contribution in [0, 0.1) is 11.8 Å². The normalized spacial score (nSPS) is 22.6. The van der Waals surface area contributed by atoms with E-state index in [1.165, 1.54) is 24.1 Å². The summed E-state index contributed by atoms with van der Waals surface area (Å²) in [5, 5.41) is 43.9. The summed E-state index contributed by atoms with van der Waals surface area (Å²) in [6.45, 7) is 1.27. The van der Waals surface area contributed by atoms with E-state index in [0.29, 0.717) is 0 Å². The Morgan fingerprint density at radius 1 is 1.13 bits per heavy atom. The Kier molecular flexibility index (Phi) is 10.1. The molecule has 0 unspecified atom stereocenters. The number of phenols is 2. The van der Waals surface area contributed by atoms with E-state index in [4.69, 9.17) is 22.2 Å². The summed E-state index contributed by atoms with van der Waals surface area (Å²) in [7, 11) is 0. The summed E-state index contributed by atoms with van der Waals surface area (Å²) in [6.07, 6.45) is -0.483. The SMILES string of the molecule is CC(C)(O/N=C(\C(=O)C[C@@H]1C(=O)N2C[C@@](C(=O)O)(N3CCN(NC(=O)C4CN(C(=O)C(=O)c5ccc(O)c(O)c5Cl)C4)C3=O)S[C@H]12)c1csc(N)n1)C(=O)O. The number of thiazole rings is 1. The van der Waals surface area contributed by atoms with Gasteiger partial charge in [-0.25, -0.2) is 24.4 Å². The van der Waals surface area contributed by atoms with Gasteiger partial charge in [-0.05, 0) is 26.0 Å². The molecule has 3 atom stereocenters. The van der Waals surface area contributed by atoms with Crippen LogP contribution in [0.1, 0.15) is 36.3 Å². The number of rotatable bonds is 13. The number of hydrazine groups is 1. The zero-order valence-electron chi connectivity index (χ0n) is 28.6. The third kappa shape index (κ3) is 6.82. The maximum absolute atomic E-state index is 13.5. The number of fused-ring (bicyclic) bond motifs is 1. The average molecular weight is 823 g/mol. The lowest BCUT2D eigenvalue weighted by Gasteiger charge is -2.40. The molecule has 6 rings (SSSR count). The molecule has 0 saturated carbocycles. The van der Waals surface area contributed by atoms with Crippen molar-refractivity contribution in [1.82, 2.24) is 30.1 Å². The lowest BCUT2D eigenvalue weighted by Crippen LogP contribution is -2.61. The third-order valence-corrected chi connectivity index (χ3v) is 12.2. The third-order valence-electron chi connectivity index (χ3n) is 9.36. The van der Waals surface area contributed by atoms with Crippen molar-refractivity contribution in [1.29, 1.82) is 0 Å². The van der Waals surface area contributed by atoms with E-state index in [1.807, 2.05) is 0 Å². The number of aromatic hydroxyl groups is 2. The molecule has 24 heteroatoms. The predicted octanol–water partition coefficient (Wildman–Crippen LogP) is -0.245. The van der Waals surface area contributed by atoms with Gasteiger partial charge in [0.1, 0.15) is 5.69 Å². The molecule has 2 aromatic rings. The summed E-state index contributed by atoms with van der Waals surface area (Å²) in [6, 6.07) is 1.16. The fourth-order valence-electron chi connectivity index (χ4n) is 6.08. The highest BCUT2D eigenvalue weighted by molar-refractivity contribution is 8.02. The van der Waals surface area contributed by atoms with Crippen LogP contribution in [0.15, 0.2) is 22.7 Å². The van der Waals surface area contributed by atoms with Crippen LogP contribution in [-0.2, 0) is 33.6 Å². The van der Waals surface area contributed by atoms with Crippen molar-refractivity contribution < 1.29 is 63.6 Å². The highest BCUT2D eigenvalue weighted by atomic mass is 35.5.